The zero-order valence-electron chi connectivity index (χ0n) is 9.71. The van der Waals surface area contributed by atoms with Gasteiger partial charge in [-0.2, -0.15) is 26.3 Å². The quantitative estimate of drug-likeness (QED) is 0.593. The third-order valence-electron chi connectivity index (χ3n) is 2.32. The van der Waals surface area contributed by atoms with Gasteiger partial charge >= 0.3 is 11.7 Å². The highest BCUT2D eigenvalue weighted by Gasteiger charge is 2.48. The van der Waals surface area contributed by atoms with E-state index in [0.29, 0.717) is 0 Å². The normalized spacial score (nSPS) is 13.5. The predicted molar refractivity (Wildman–Crippen MR) is 50.0 cm³/mol. The van der Waals surface area contributed by atoms with Gasteiger partial charge in [0, 0.05) is 5.56 Å². The molecule has 0 N–H and O–H groups in total. The number of sulfone groups is 1. The van der Waals surface area contributed by atoms with Crippen molar-refractivity contribution in [1.29, 1.82) is 0 Å². The van der Waals surface area contributed by atoms with Gasteiger partial charge in [0.1, 0.15) is 5.56 Å². The smallest absolute Gasteiger partial charge is 0.219 e. The van der Waals surface area contributed by atoms with Crippen molar-refractivity contribution in [3.8, 4) is 0 Å². The van der Waals surface area contributed by atoms with Crippen LogP contribution in [0.25, 0.3) is 0 Å². The van der Waals surface area contributed by atoms with Crippen molar-refractivity contribution in [2.45, 2.75) is 17.4 Å². The Balaban J connectivity index is 3.63. The first-order chi connectivity index (χ1) is 9.61. The van der Waals surface area contributed by atoms with E-state index in [0.717, 1.165) is 0 Å². The van der Waals surface area contributed by atoms with E-state index in [-0.39, 0.29) is 0 Å². The number of hydrogen-bond acceptors (Lipinski definition) is 2. The number of hydrogen-bond donors (Lipinski definition) is 0. The molecule has 1 rings (SSSR count). The lowest BCUT2D eigenvalue weighted by atomic mass is 10.1. The van der Waals surface area contributed by atoms with Crippen LogP contribution in [0.3, 0.4) is 0 Å². The van der Waals surface area contributed by atoms with E-state index in [1.807, 2.05) is 0 Å². The molecule has 0 saturated carbocycles. The van der Waals surface area contributed by atoms with Crippen LogP contribution in [0.5, 0.6) is 0 Å². The number of benzene rings is 1. The average Bonchev–Trinajstić information content (AvgIpc) is 2.29. The largest absolute Gasteiger partial charge is 0.497 e. The summed E-state index contributed by atoms with van der Waals surface area (Å²) in [6.45, 7) is 0. The van der Waals surface area contributed by atoms with Gasteiger partial charge < -0.3 is 0 Å². The zero-order valence-corrected chi connectivity index (χ0v) is 10.5. The van der Waals surface area contributed by atoms with Crippen molar-refractivity contribution >= 4 is 9.84 Å². The summed E-state index contributed by atoms with van der Waals surface area (Å²) < 4.78 is 147. The van der Waals surface area contributed by atoms with Crippen LogP contribution in [0.2, 0.25) is 0 Å². The fourth-order valence-corrected chi connectivity index (χ4v) is 2.12. The van der Waals surface area contributed by atoms with E-state index >= 15 is 0 Å². The molecule has 0 spiro atoms. The van der Waals surface area contributed by atoms with Crippen molar-refractivity contribution in [1.82, 2.24) is 0 Å². The van der Waals surface area contributed by atoms with Gasteiger partial charge in [0.25, 0.3) is 9.84 Å². The molecule has 0 atom stereocenters. The zero-order chi connectivity index (χ0) is 17.7. The van der Waals surface area contributed by atoms with Crippen LogP contribution in [0.15, 0.2) is 0 Å². The molecule has 0 amide bonds. The van der Waals surface area contributed by atoms with Crippen LogP contribution in [-0.2, 0) is 21.8 Å². The molecule has 0 unspecified atom stereocenters. The molecule has 0 radical (unpaired) electrons. The second kappa shape index (κ2) is 5.28. The summed E-state index contributed by atoms with van der Waals surface area (Å²) in [5.41, 5.74) is -11.4. The lowest BCUT2D eigenvalue weighted by Gasteiger charge is -2.14. The van der Waals surface area contributed by atoms with Crippen molar-refractivity contribution in [2.24, 2.45) is 0 Å². The minimum atomic E-state index is -6.27. The third kappa shape index (κ3) is 3.13. The van der Waals surface area contributed by atoms with Gasteiger partial charge in [-0.05, 0) is 0 Å². The molecule has 0 fully saturated rings. The Hall–Kier alpha value is -1.53. The first-order valence-corrected chi connectivity index (χ1v) is 6.47. The minimum absolute atomic E-state index is 2.32. The maximum Gasteiger partial charge on any atom is 0.497 e. The van der Waals surface area contributed by atoms with E-state index in [9.17, 15) is 52.3 Å². The van der Waals surface area contributed by atoms with Gasteiger partial charge in [-0.3, -0.25) is 0 Å². The minimum Gasteiger partial charge on any atom is -0.219 e. The Labute approximate surface area is 115 Å². The Morgan fingerprint density at radius 1 is 0.727 bits per heavy atom. The highest BCUT2D eigenvalue weighted by atomic mass is 32.2. The summed E-state index contributed by atoms with van der Waals surface area (Å²) in [5.74, 6) is -14.4. The van der Waals surface area contributed by atoms with Crippen LogP contribution in [-0.4, -0.2) is 13.9 Å². The van der Waals surface area contributed by atoms with Crippen LogP contribution in [0.4, 0.5) is 43.9 Å². The maximum atomic E-state index is 13.2. The summed E-state index contributed by atoms with van der Waals surface area (Å²) >= 11 is 0. The van der Waals surface area contributed by atoms with Crippen LogP contribution < -0.4 is 0 Å². The van der Waals surface area contributed by atoms with Gasteiger partial charge in [-0.1, -0.05) is 0 Å². The van der Waals surface area contributed by atoms with E-state index in [1.54, 1.807) is 0 Å². The van der Waals surface area contributed by atoms with Crippen molar-refractivity contribution in [2.75, 3.05) is 0 Å². The summed E-state index contributed by atoms with van der Waals surface area (Å²) in [6, 6.07) is 0. The second-order valence-electron chi connectivity index (χ2n) is 3.81. The Morgan fingerprint density at radius 3 is 1.36 bits per heavy atom. The third-order valence-corrected chi connectivity index (χ3v) is 3.70. The molecule has 1 aromatic carbocycles. The van der Waals surface area contributed by atoms with Gasteiger partial charge in [-0.25, -0.2) is 26.0 Å². The van der Waals surface area contributed by atoms with Gasteiger partial charge in [0.2, 0.25) is 0 Å². The second-order valence-corrected chi connectivity index (χ2v) is 5.79. The fourth-order valence-electron chi connectivity index (χ4n) is 1.32. The lowest BCUT2D eigenvalue weighted by Crippen LogP contribution is -2.27. The van der Waals surface area contributed by atoms with Crippen LogP contribution in [0.1, 0.15) is 11.1 Å². The molecule has 126 valence electrons. The topological polar surface area (TPSA) is 34.1 Å². The SMILES string of the molecule is O=S(=O)(Cc1c(F)c(F)c(C(F)(F)F)c(F)c1F)C(F)(F)F. The maximum absolute atomic E-state index is 13.2. The van der Waals surface area contributed by atoms with E-state index in [2.05, 4.69) is 0 Å². The summed E-state index contributed by atoms with van der Waals surface area (Å²) in [4.78, 5) is 0. The lowest BCUT2D eigenvalue weighted by molar-refractivity contribution is -0.143. The number of alkyl halides is 6. The highest BCUT2D eigenvalue weighted by Crippen LogP contribution is 2.38. The fraction of sp³-hybridized carbons (Fsp3) is 0.333. The van der Waals surface area contributed by atoms with Gasteiger partial charge in [-0.15, -0.1) is 0 Å². The first kappa shape index (κ1) is 18.5. The summed E-state index contributed by atoms with van der Waals surface area (Å²) in [7, 11) is -6.27. The number of rotatable bonds is 2. The van der Waals surface area contributed by atoms with Gasteiger partial charge in [0.15, 0.2) is 23.3 Å². The van der Waals surface area contributed by atoms with Crippen LogP contribution >= 0.6 is 0 Å². The highest BCUT2D eigenvalue weighted by molar-refractivity contribution is 7.91. The standard InChI is InChI=1S/C9H2F10O2S/c10-4-2(1-22(20,21)9(17,18)19)5(11)7(13)3(6(4)12)8(14,15)16/h1H2. The molecule has 22 heavy (non-hydrogen) atoms. The molecule has 0 saturated heterocycles. The Kier molecular flexibility index (Phi) is 4.44. The van der Waals surface area contributed by atoms with E-state index in [4.69, 9.17) is 0 Å². The Bertz CT molecular complexity index is 672. The summed E-state index contributed by atoms with van der Waals surface area (Å²) in [6.07, 6.45) is -5.89. The van der Waals surface area contributed by atoms with Crippen molar-refractivity contribution in [3.63, 3.8) is 0 Å². The van der Waals surface area contributed by atoms with Crippen LogP contribution in [0, 0.1) is 23.3 Å². The monoisotopic (exact) mass is 364 g/mol. The number of halogens is 10. The predicted octanol–water partition coefficient (Wildman–Crippen LogP) is 3.70. The first-order valence-electron chi connectivity index (χ1n) is 4.82. The molecule has 1 aromatic rings. The Morgan fingerprint density at radius 2 is 1.09 bits per heavy atom. The molecule has 0 heterocycles. The molecule has 0 bridgehead atoms. The van der Waals surface area contributed by atoms with E-state index < -0.39 is 61.7 Å². The molecule has 2 nitrogen and oxygen atoms in total. The van der Waals surface area contributed by atoms with E-state index in [1.165, 1.54) is 0 Å². The molecule has 13 heteroatoms. The molecule has 0 aliphatic heterocycles. The molecular formula is C9H2F10O2S. The molecule has 0 aliphatic rings. The molecule has 0 aliphatic carbocycles. The van der Waals surface area contributed by atoms with Crippen molar-refractivity contribution < 1.29 is 52.3 Å². The average molecular weight is 364 g/mol. The van der Waals surface area contributed by atoms with Crippen molar-refractivity contribution in [3.05, 3.63) is 34.4 Å². The molecule has 0 aromatic heterocycles. The molecular weight excluding hydrogens is 362 g/mol. The van der Waals surface area contributed by atoms with Gasteiger partial charge in [0.05, 0.1) is 5.75 Å². The summed E-state index contributed by atoms with van der Waals surface area (Å²) in [5, 5.41) is 0.